The van der Waals surface area contributed by atoms with Crippen LogP contribution in [0.4, 0.5) is 6.01 Å². The van der Waals surface area contributed by atoms with Gasteiger partial charge in [-0.1, -0.05) is 17.2 Å². The molecule has 0 aliphatic carbocycles. The second kappa shape index (κ2) is 8.96. The van der Waals surface area contributed by atoms with E-state index in [2.05, 4.69) is 15.5 Å². The van der Waals surface area contributed by atoms with Crippen LogP contribution in [-0.4, -0.2) is 44.5 Å². The molecule has 29 heavy (non-hydrogen) atoms. The zero-order valence-electron chi connectivity index (χ0n) is 16.5. The molecule has 0 aliphatic rings. The number of rotatable bonds is 8. The summed E-state index contributed by atoms with van der Waals surface area (Å²) in [6, 6.07) is 10.6. The highest BCUT2D eigenvalue weighted by molar-refractivity contribution is 6.04. The Bertz CT molecular complexity index is 959. The van der Waals surface area contributed by atoms with Gasteiger partial charge >= 0.3 is 6.01 Å². The standard InChI is InChI=1S/C20H21N3O6/c1-25-14-7-5-12(6-8-14)9-17-22-23-20(29-17)21-19(24)13-10-15(26-2)18(28-4)16(11-13)27-3/h5-8,10-11H,9H2,1-4H3,(H,21,23,24). The van der Waals surface area contributed by atoms with Crippen molar-refractivity contribution in [1.82, 2.24) is 10.2 Å². The van der Waals surface area contributed by atoms with Crippen molar-refractivity contribution in [2.45, 2.75) is 6.42 Å². The number of anilines is 1. The predicted octanol–water partition coefficient (Wildman–Crippen LogP) is 2.95. The van der Waals surface area contributed by atoms with E-state index < -0.39 is 5.91 Å². The molecule has 3 rings (SSSR count). The van der Waals surface area contributed by atoms with E-state index in [9.17, 15) is 4.79 Å². The highest BCUT2D eigenvalue weighted by atomic mass is 16.5. The molecule has 0 fully saturated rings. The van der Waals surface area contributed by atoms with Gasteiger partial charge in [-0.15, -0.1) is 5.10 Å². The molecule has 1 heterocycles. The summed E-state index contributed by atoms with van der Waals surface area (Å²) in [5, 5.41) is 10.4. The van der Waals surface area contributed by atoms with E-state index in [0.717, 1.165) is 11.3 Å². The molecule has 1 aromatic heterocycles. The van der Waals surface area contributed by atoms with Gasteiger partial charge in [-0.25, -0.2) is 0 Å². The second-order valence-corrected chi connectivity index (χ2v) is 5.89. The highest BCUT2D eigenvalue weighted by Crippen LogP contribution is 2.38. The minimum atomic E-state index is -0.455. The van der Waals surface area contributed by atoms with E-state index in [1.165, 1.54) is 33.5 Å². The fourth-order valence-corrected chi connectivity index (χ4v) is 2.68. The van der Waals surface area contributed by atoms with E-state index in [1.807, 2.05) is 24.3 Å². The van der Waals surface area contributed by atoms with E-state index in [-0.39, 0.29) is 11.6 Å². The summed E-state index contributed by atoms with van der Waals surface area (Å²) in [4.78, 5) is 12.6. The quantitative estimate of drug-likeness (QED) is 0.616. The van der Waals surface area contributed by atoms with Gasteiger partial charge in [-0.05, 0) is 29.8 Å². The Hall–Kier alpha value is -3.75. The lowest BCUT2D eigenvalue weighted by Gasteiger charge is -2.13. The lowest BCUT2D eigenvalue weighted by atomic mass is 10.1. The number of carbonyl (C=O) groups excluding carboxylic acids is 1. The Morgan fingerprint density at radius 3 is 2.14 bits per heavy atom. The van der Waals surface area contributed by atoms with Crippen molar-refractivity contribution in [2.75, 3.05) is 33.8 Å². The first-order valence-electron chi connectivity index (χ1n) is 8.64. The number of hydrogen-bond donors (Lipinski definition) is 1. The Morgan fingerprint density at radius 1 is 0.931 bits per heavy atom. The first kappa shape index (κ1) is 20.0. The lowest BCUT2D eigenvalue weighted by molar-refractivity contribution is 0.102. The molecule has 0 bridgehead atoms. The van der Waals surface area contributed by atoms with E-state index in [1.54, 1.807) is 7.11 Å². The molecule has 2 aromatic carbocycles. The third-order valence-corrected chi connectivity index (χ3v) is 4.13. The van der Waals surface area contributed by atoms with Crippen LogP contribution >= 0.6 is 0 Å². The third-order valence-electron chi connectivity index (χ3n) is 4.13. The van der Waals surface area contributed by atoms with Crippen molar-refractivity contribution >= 4 is 11.9 Å². The molecule has 9 heteroatoms. The number of aromatic nitrogens is 2. The molecule has 0 radical (unpaired) electrons. The van der Waals surface area contributed by atoms with Crippen molar-refractivity contribution in [1.29, 1.82) is 0 Å². The van der Waals surface area contributed by atoms with Gasteiger partial charge in [0.15, 0.2) is 11.5 Å². The van der Waals surface area contributed by atoms with Crippen molar-refractivity contribution in [2.24, 2.45) is 0 Å². The maximum atomic E-state index is 12.6. The predicted molar refractivity (Wildman–Crippen MR) is 104 cm³/mol. The number of amides is 1. The van der Waals surface area contributed by atoms with E-state index in [4.69, 9.17) is 23.4 Å². The van der Waals surface area contributed by atoms with Crippen LogP contribution < -0.4 is 24.3 Å². The summed E-state index contributed by atoms with van der Waals surface area (Å²) < 4.78 is 26.4. The van der Waals surface area contributed by atoms with Gasteiger partial charge in [-0.3, -0.25) is 10.1 Å². The average molecular weight is 399 g/mol. The maximum Gasteiger partial charge on any atom is 0.322 e. The maximum absolute atomic E-state index is 12.6. The van der Waals surface area contributed by atoms with Crippen LogP contribution in [0.25, 0.3) is 0 Å². The van der Waals surface area contributed by atoms with E-state index in [0.29, 0.717) is 29.6 Å². The van der Waals surface area contributed by atoms with Crippen LogP contribution in [0.5, 0.6) is 23.0 Å². The molecular formula is C20H21N3O6. The average Bonchev–Trinajstić information content (AvgIpc) is 3.19. The molecule has 0 atom stereocenters. The van der Waals surface area contributed by atoms with Crippen LogP contribution in [-0.2, 0) is 6.42 Å². The third kappa shape index (κ3) is 4.57. The van der Waals surface area contributed by atoms with Gasteiger partial charge in [0, 0.05) is 5.56 Å². The van der Waals surface area contributed by atoms with Crippen molar-refractivity contribution in [3.05, 3.63) is 53.4 Å². The molecule has 3 aromatic rings. The molecule has 0 saturated heterocycles. The number of hydrogen-bond acceptors (Lipinski definition) is 8. The van der Waals surface area contributed by atoms with Gasteiger partial charge in [0.05, 0.1) is 34.9 Å². The number of methoxy groups -OCH3 is 4. The number of ether oxygens (including phenoxy) is 4. The first-order chi connectivity index (χ1) is 14.1. The van der Waals surface area contributed by atoms with Crippen LogP contribution in [0.1, 0.15) is 21.8 Å². The van der Waals surface area contributed by atoms with Crippen molar-refractivity contribution < 1.29 is 28.2 Å². The smallest absolute Gasteiger partial charge is 0.322 e. The van der Waals surface area contributed by atoms with Crippen molar-refractivity contribution in [3.63, 3.8) is 0 Å². The zero-order valence-corrected chi connectivity index (χ0v) is 16.5. The topological polar surface area (TPSA) is 105 Å². The number of benzene rings is 2. The van der Waals surface area contributed by atoms with Gasteiger partial charge in [-0.2, -0.15) is 0 Å². The van der Waals surface area contributed by atoms with Gasteiger partial charge < -0.3 is 23.4 Å². The van der Waals surface area contributed by atoms with Gasteiger partial charge in [0.25, 0.3) is 5.91 Å². The molecule has 0 aliphatic heterocycles. The Labute approximate surface area is 167 Å². The first-order valence-corrected chi connectivity index (χ1v) is 8.64. The van der Waals surface area contributed by atoms with Crippen LogP contribution in [0.15, 0.2) is 40.8 Å². The van der Waals surface area contributed by atoms with Crippen LogP contribution in [0, 0.1) is 0 Å². The SMILES string of the molecule is COc1ccc(Cc2nnc(NC(=O)c3cc(OC)c(OC)c(OC)c3)o2)cc1. The summed E-state index contributed by atoms with van der Waals surface area (Å²) in [7, 11) is 6.05. The molecule has 1 N–H and O–H groups in total. The summed E-state index contributed by atoms with van der Waals surface area (Å²) >= 11 is 0. The van der Waals surface area contributed by atoms with E-state index >= 15 is 0 Å². The van der Waals surface area contributed by atoms with Gasteiger partial charge in [0.2, 0.25) is 11.6 Å². The highest BCUT2D eigenvalue weighted by Gasteiger charge is 2.18. The minimum Gasteiger partial charge on any atom is -0.497 e. The fraction of sp³-hybridized carbons (Fsp3) is 0.250. The largest absolute Gasteiger partial charge is 0.497 e. The second-order valence-electron chi connectivity index (χ2n) is 5.89. The lowest BCUT2D eigenvalue weighted by Crippen LogP contribution is -2.13. The minimum absolute atomic E-state index is 0.00716. The van der Waals surface area contributed by atoms with Crippen molar-refractivity contribution in [3.8, 4) is 23.0 Å². The summed E-state index contributed by atoms with van der Waals surface area (Å²) in [5.74, 6) is 1.80. The number of nitrogens with zero attached hydrogens (tertiary/aromatic N) is 2. The Balaban J connectivity index is 1.72. The number of carbonyl (C=O) groups is 1. The zero-order chi connectivity index (χ0) is 20.8. The summed E-state index contributed by atoms with van der Waals surface area (Å²) in [5.41, 5.74) is 1.26. The molecule has 1 amide bonds. The monoisotopic (exact) mass is 399 g/mol. The molecule has 152 valence electrons. The normalized spacial score (nSPS) is 10.3. The van der Waals surface area contributed by atoms with Crippen LogP contribution in [0.3, 0.4) is 0 Å². The molecule has 0 unspecified atom stereocenters. The van der Waals surface area contributed by atoms with Crippen LogP contribution in [0.2, 0.25) is 0 Å². The Kier molecular flexibility index (Phi) is 6.18. The van der Waals surface area contributed by atoms with Gasteiger partial charge in [0.1, 0.15) is 5.75 Å². The summed E-state index contributed by atoms with van der Waals surface area (Å²) in [6.07, 6.45) is 0.428. The molecule has 9 nitrogen and oxygen atoms in total. The molecule has 0 saturated carbocycles. The Morgan fingerprint density at radius 2 is 1.59 bits per heavy atom. The number of nitrogens with one attached hydrogen (secondary N) is 1. The fourth-order valence-electron chi connectivity index (χ4n) is 2.68. The molecular weight excluding hydrogens is 378 g/mol. The summed E-state index contributed by atoms with van der Waals surface area (Å²) in [6.45, 7) is 0. The molecule has 0 spiro atoms.